The maximum absolute atomic E-state index is 4.50. The van der Waals surface area contributed by atoms with Crippen molar-refractivity contribution < 1.29 is 0 Å². The molecule has 128 valence electrons. The van der Waals surface area contributed by atoms with Crippen LogP contribution in [0.4, 0.5) is 0 Å². The van der Waals surface area contributed by atoms with Gasteiger partial charge < -0.3 is 10.3 Å². The lowest BCUT2D eigenvalue weighted by molar-refractivity contribution is 0.567. The Bertz CT molecular complexity index is 835. The molecule has 1 heterocycles. The van der Waals surface area contributed by atoms with E-state index in [0.717, 1.165) is 23.6 Å². The van der Waals surface area contributed by atoms with E-state index in [1.165, 1.54) is 31.2 Å². The zero-order chi connectivity index (χ0) is 17.1. The fourth-order valence-electron chi connectivity index (χ4n) is 3.60. The van der Waals surface area contributed by atoms with Gasteiger partial charge in [0.1, 0.15) is 5.82 Å². The van der Waals surface area contributed by atoms with Crippen molar-refractivity contribution in [3.05, 3.63) is 77.1 Å². The summed E-state index contributed by atoms with van der Waals surface area (Å²) in [7, 11) is 0. The standard InChI is InChI=1S/C22H25N3/c1-16(19-12-11-17-7-5-6-10-20(17)13-19)23-14-21-15-24-22(25-21)18-8-3-2-4-9-18/h2-4,8-9,11-13,15-16,23H,5-7,10,14H2,1H3,(H,24,25)/t16-/m0/s1. The van der Waals surface area contributed by atoms with Crippen molar-refractivity contribution in [2.75, 3.05) is 0 Å². The van der Waals surface area contributed by atoms with Gasteiger partial charge in [-0.1, -0.05) is 48.5 Å². The van der Waals surface area contributed by atoms with Gasteiger partial charge in [-0.3, -0.25) is 0 Å². The van der Waals surface area contributed by atoms with Gasteiger partial charge in [0.05, 0.1) is 0 Å². The smallest absolute Gasteiger partial charge is 0.137 e. The first-order valence-electron chi connectivity index (χ1n) is 9.24. The van der Waals surface area contributed by atoms with Gasteiger partial charge in [-0.05, 0) is 49.3 Å². The molecule has 0 unspecified atom stereocenters. The summed E-state index contributed by atoms with van der Waals surface area (Å²) in [6.07, 6.45) is 7.07. The van der Waals surface area contributed by atoms with Crippen molar-refractivity contribution in [3.8, 4) is 11.4 Å². The molecular weight excluding hydrogens is 306 g/mol. The number of aromatic nitrogens is 2. The third-order valence-electron chi connectivity index (χ3n) is 5.15. The molecule has 2 N–H and O–H groups in total. The number of benzene rings is 2. The second-order valence-corrected chi connectivity index (χ2v) is 6.96. The minimum Gasteiger partial charge on any atom is -0.341 e. The van der Waals surface area contributed by atoms with Crippen LogP contribution in [0.2, 0.25) is 0 Å². The highest BCUT2D eigenvalue weighted by Gasteiger charge is 2.12. The molecule has 1 aromatic heterocycles. The maximum Gasteiger partial charge on any atom is 0.137 e. The molecule has 0 radical (unpaired) electrons. The highest BCUT2D eigenvalue weighted by Crippen LogP contribution is 2.25. The molecule has 3 aromatic rings. The molecule has 4 rings (SSSR count). The average Bonchev–Trinajstić information content (AvgIpc) is 3.15. The molecule has 0 bridgehead atoms. The lowest BCUT2D eigenvalue weighted by Crippen LogP contribution is -2.19. The van der Waals surface area contributed by atoms with E-state index < -0.39 is 0 Å². The predicted octanol–water partition coefficient (Wildman–Crippen LogP) is 4.81. The van der Waals surface area contributed by atoms with Gasteiger partial charge >= 0.3 is 0 Å². The van der Waals surface area contributed by atoms with Crippen LogP contribution in [0.15, 0.2) is 54.7 Å². The largest absolute Gasteiger partial charge is 0.341 e. The first-order chi connectivity index (χ1) is 12.3. The number of nitrogens with one attached hydrogen (secondary N) is 2. The van der Waals surface area contributed by atoms with Crippen LogP contribution in [0.25, 0.3) is 11.4 Å². The van der Waals surface area contributed by atoms with Crippen LogP contribution in [0.5, 0.6) is 0 Å². The van der Waals surface area contributed by atoms with Gasteiger partial charge in [0.2, 0.25) is 0 Å². The molecule has 1 aliphatic carbocycles. The average molecular weight is 331 g/mol. The van der Waals surface area contributed by atoms with Gasteiger partial charge in [-0.2, -0.15) is 0 Å². The summed E-state index contributed by atoms with van der Waals surface area (Å²) >= 11 is 0. The van der Waals surface area contributed by atoms with E-state index in [0.29, 0.717) is 6.04 Å². The molecule has 0 amide bonds. The molecule has 3 heteroatoms. The van der Waals surface area contributed by atoms with Crippen molar-refractivity contribution >= 4 is 0 Å². The molecule has 1 atom stereocenters. The molecule has 0 aliphatic heterocycles. The number of aryl methyl sites for hydroxylation is 2. The Hall–Kier alpha value is -2.39. The zero-order valence-corrected chi connectivity index (χ0v) is 14.8. The summed E-state index contributed by atoms with van der Waals surface area (Å²) in [5.74, 6) is 0.929. The quantitative estimate of drug-likeness (QED) is 0.704. The Balaban J connectivity index is 1.40. The Labute approximate surface area is 149 Å². The number of nitrogens with zero attached hydrogens (tertiary/aromatic N) is 1. The lowest BCUT2D eigenvalue weighted by Gasteiger charge is -2.20. The SMILES string of the molecule is C[C@H](NCc1cnc(-c2ccccc2)[nH]1)c1ccc2c(c1)CCCC2. The summed E-state index contributed by atoms with van der Waals surface area (Å²) in [5, 5.41) is 3.62. The number of rotatable bonds is 5. The third-order valence-corrected chi connectivity index (χ3v) is 5.15. The normalized spacial score (nSPS) is 14.9. The number of aromatic amines is 1. The van der Waals surface area contributed by atoms with E-state index in [-0.39, 0.29) is 0 Å². The van der Waals surface area contributed by atoms with E-state index in [4.69, 9.17) is 0 Å². The van der Waals surface area contributed by atoms with Crippen LogP contribution < -0.4 is 5.32 Å². The number of hydrogen-bond donors (Lipinski definition) is 2. The first kappa shape index (κ1) is 16.1. The molecule has 25 heavy (non-hydrogen) atoms. The zero-order valence-electron chi connectivity index (χ0n) is 14.8. The Morgan fingerprint density at radius 1 is 1.04 bits per heavy atom. The van der Waals surface area contributed by atoms with Crippen molar-refractivity contribution in [3.63, 3.8) is 0 Å². The Morgan fingerprint density at radius 3 is 2.68 bits per heavy atom. The summed E-state index contributed by atoms with van der Waals surface area (Å²) in [5.41, 5.74) is 6.71. The van der Waals surface area contributed by atoms with E-state index in [2.05, 4.69) is 52.5 Å². The van der Waals surface area contributed by atoms with Gasteiger partial charge in [-0.25, -0.2) is 4.98 Å². The lowest BCUT2D eigenvalue weighted by atomic mass is 9.89. The highest BCUT2D eigenvalue weighted by atomic mass is 15.0. The first-order valence-corrected chi connectivity index (χ1v) is 9.24. The summed E-state index contributed by atoms with van der Waals surface area (Å²) in [6, 6.07) is 17.6. The van der Waals surface area contributed by atoms with Crippen molar-refractivity contribution in [1.29, 1.82) is 0 Å². The van der Waals surface area contributed by atoms with E-state index >= 15 is 0 Å². The van der Waals surface area contributed by atoms with Crippen LogP contribution in [0, 0.1) is 0 Å². The van der Waals surface area contributed by atoms with Crippen molar-refractivity contribution in [2.24, 2.45) is 0 Å². The monoisotopic (exact) mass is 331 g/mol. The molecule has 0 saturated heterocycles. The number of imidazole rings is 1. The summed E-state index contributed by atoms with van der Waals surface area (Å²) in [6.45, 7) is 3.02. The maximum atomic E-state index is 4.50. The molecule has 2 aromatic carbocycles. The summed E-state index contributed by atoms with van der Waals surface area (Å²) in [4.78, 5) is 7.91. The molecular formula is C22H25N3. The van der Waals surface area contributed by atoms with E-state index in [1.54, 1.807) is 11.1 Å². The fourth-order valence-corrected chi connectivity index (χ4v) is 3.60. The molecule has 0 spiro atoms. The molecule has 0 fully saturated rings. The number of fused-ring (bicyclic) bond motifs is 1. The topological polar surface area (TPSA) is 40.7 Å². The van der Waals surface area contributed by atoms with E-state index in [9.17, 15) is 0 Å². The third kappa shape index (κ3) is 3.67. The van der Waals surface area contributed by atoms with Crippen molar-refractivity contribution in [2.45, 2.75) is 45.2 Å². The molecule has 1 aliphatic rings. The van der Waals surface area contributed by atoms with Crippen LogP contribution in [-0.2, 0) is 19.4 Å². The predicted molar refractivity (Wildman–Crippen MR) is 102 cm³/mol. The minimum absolute atomic E-state index is 0.329. The number of hydrogen-bond acceptors (Lipinski definition) is 2. The number of H-pyrrole nitrogens is 1. The van der Waals surface area contributed by atoms with Crippen molar-refractivity contribution in [1.82, 2.24) is 15.3 Å². The fraction of sp³-hybridized carbons (Fsp3) is 0.318. The van der Waals surface area contributed by atoms with Crippen LogP contribution in [0.1, 0.15) is 48.2 Å². The van der Waals surface area contributed by atoms with Gasteiger partial charge in [0.15, 0.2) is 0 Å². The van der Waals surface area contributed by atoms with Crippen LogP contribution >= 0.6 is 0 Å². The van der Waals surface area contributed by atoms with Gasteiger partial charge in [-0.15, -0.1) is 0 Å². The van der Waals surface area contributed by atoms with Gasteiger partial charge in [0.25, 0.3) is 0 Å². The van der Waals surface area contributed by atoms with Crippen LogP contribution in [0.3, 0.4) is 0 Å². The summed E-state index contributed by atoms with van der Waals surface area (Å²) < 4.78 is 0. The molecule has 0 saturated carbocycles. The highest BCUT2D eigenvalue weighted by molar-refractivity contribution is 5.54. The van der Waals surface area contributed by atoms with Crippen LogP contribution in [-0.4, -0.2) is 9.97 Å². The second-order valence-electron chi connectivity index (χ2n) is 6.96. The Morgan fingerprint density at radius 2 is 1.84 bits per heavy atom. The Kier molecular flexibility index (Phi) is 4.66. The second kappa shape index (κ2) is 7.24. The van der Waals surface area contributed by atoms with E-state index in [1.807, 2.05) is 24.4 Å². The minimum atomic E-state index is 0.329. The van der Waals surface area contributed by atoms with Gasteiger partial charge in [0, 0.05) is 30.0 Å². The molecule has 3 nitrogen and oxygen atoms in total.